The van der Waals surface area contributed by atoms with Gasteiger partial charge < -0.3 is 20.1 Å². The maximum Gasteiger partial charge on any atom is 0.191 e. The second kappa shape index (κ2) is 11.1. The van der Waals surface area contributed by atoms with E-state index in [0.717, 1.165) is 71.0 Å². The lowest BCUT2D eigenvalue weighted by atomic mass is 9.96. The lowest BCUT2D eigenvalue weighted by Crippen LogP contribution is -2.47. The zero-order chi connectivity index (χ0) is 20.6. The Kier molecular flexibility index (Phi) is 8.01. The Morgan fingerprint density at radius 1 is 1.17 bits per heavy atom. The van der Waals surface area contributed by atoms with Gasteiger partial charge in [-0.3, -0.25) is 9.89 Å². The predicted octanol–water partition coefficient (Wildman–Crippen LogP) is 2.93. The second-order valence-electron chi connectivity index (χ2n) is 8.81. The summed E-state index contributed by atoms with van der Waals surface area (Å²) in [5, 5.41) is 6.95. The van der Waals surface area contributed by atoms with Gasteiger partial charge in [0, 0.05) is 39.3 Å². The van der Waals surface area contributed by atoms with Crippen molar-refractivity contribution in [3.8, 4) is 0 Å². The predicted molar refractivity (Wildman–Crippen MR) is 121 cm³/mol. The minimum Gasteiger partial charge on any atom is -0.378 e. The fourth-order valence-corrected chi connectivity index (χ4v) is 4.87. The van der Waals surface area contributed by atoms with Crippen molar-refractivity contribution in [3.05, 3.63) is 35.9 Å². The summed E-state index contributed by atoms with van der Waals surface area (Å²) in [4.78, 5) is 7.29. The van der Waals surface area contributed by atoms with Crippen molar-refractivity contribution in [2.75, 3.05) is 32.8 Å². The molecule has 166 valence electrons. The number of guanidine groups is 1. The number of likely N-dealkylation sites (tertiary alicyclic amines) is 1. The van der Waals surface area contributed by atoms with Gasteiger partial charge in [-0.2, -0.15) is 0 Å². The summed E-state index contributed by atoms with van der Waals surface area (Å²) in [7, 11) is 0. The van der Waals surface area contributed by atoms with Crippen LogP contribution >= 0.6 is 0 Å². The Balaban J connectivity index is 1.10. The molecule has 1 aromatic carbocycles. The molecule has 2 N–H and O–H groups in total. The summed E-state index contributed by atoms with van der Waals surface area (Å²) in [5.41, 5.74) is 1.40. The number of rotatable bonds is 9. The van der Waals surface area contributed by atoms with Crippen LogP contribution in [-0.4, -0.2) is 68.0 Å². The summed E-state index contributed by atoms with van der Waals surface area (Å²) in [5.74, 6) is 0.924. The maximum absolute atomic E-state index is 6.14. The van der Waals surface area contributed by atoms with Gasteiger partial charge in [-0.15, -0.1) is 0 Å². The Morgan fingerprint density at radius 2 is 2.00 bits per heavy atom. The second-order valence-corrected chi connectivity index (χ2v) is 8.81. The summed E-state index contributed by atoms with van der Waals surface area (Å²) in [6.45, 7) is 7.88. The number of piperidine rings is 1. The monoisotopic (exact) mass is 414 g/mol. The molecular formula is C24H38N4O2. The van der Waals surface area contributed by atoms with E-state index in [4.69, 9.17) is 14.5 Å². The molecule has 0 aliphatic carbocycles. The Bertz CT molecular complexity index is 660. The Labute approximate surface area is 181 Å². The number of aliphatic imine (C=N–C) groups is 1. The van der Waals surface area contributed by atoms with Gasteiger partial charge in [-0.05, 0) is 51.0 Å². The van der Waals surface area contributed by atoms with Crippen molar-refractivity contribution in [2.45, 2.75) is 76.3 Å². The van der Waals surface area contributed by atoms with Crippen LogP contribution in [0.1, 0.15) is 51.0 Å². The van der Waals surface area contributed by atoms with Crippen LogP contribution < -0.4 is 10.6 Å². The van der Waals surface area contributed by atoms with Gasteiger partial charge in [0.1, 0.15) is 0 Å². The topological polar surface area (TPSA) is 58.1 Å². The lowest BCUT2D eigenvalue weighted by Gasteiger charge is -2.31. The first-order chi connectivity index (χ1) is 14.8. The molecule has 0 saturated carbocycles. The van der Waals surface area contributed by atoms with Gasteiger partial charge >= 0.3 is 0 Å². The van der Waals surface area contributed by atoms with Crippen LogP contribution in [0.3, 0.4) is 0 Å². The number of benzene rings is 1. The van der Waals surface area contributed by atoms with Crippen LogP contribution in [0, 0.1) is 0 Å². The molecule has 2 bridgehead atoms. The van der Waals surface area contributed by atoms with Gasteiger partial charge in [-0.25, -0.2) is 0 Å². The summed E-state index contributed by atoms with van der Waals surface area (Å²) >= 11 is 0. The molecule has 0 spiro atoms. The highest BCUT2D eigenvalue weighted by Crippen LogP contribution is 2.34. The molecular weight excluding hydrogens is 376 g/mol. The third-order valence-electron chi connectivity index (χ3n) is 6.48. The van der Waals surface area contributed by atoms with Gasteiger partial charge in [0.05, 0.1) is 24.4 Å². The van der Waals surface area contributed by atoms with E-state index in [1.54, 1.807) is 0 Å². The van der Waals surface area contributed by atoms with E-state index in [1.807, 2.05) is 0 Å². The molecule has 3 saturated heterocycles. The fraction of sp³-hybridized carbons (Fsp3) is 0.708. The first kappa shape index (κ1) is 21.6. The largest absolute Gasteiger partial charge is 0.378 e. The molecule has 6 nitrogen and oxygen atoms in total. The smallest absolute Gasteiger partial charge is 0.191 e. The van der Waals surface area contributed by atoms with Crippen molar-refractivity contribution >= 4 is 5.96 Å². The van der Waals surface area contributed by atoms with Gasteiger partial charge in [0.2, 0.25) is 0 Å². The van der Waals surface area contributed by atoms with Crippen LogP contribution in [0.4, 0.5) is 0 Å². The highest BCUT2D eigenvalue weighted by Gasteiger charge is 2.41. The summed E-state index contributed by atoms with van der Waals surface area (Å²) < 4.78 is 12.1. The highest BCUT2D eigenvalue weighted by atomic mass is 16.5. The Morgan fingerprint density at radius 3 is 2.70 bits per heavy atom. The standard InChI is InChI=1S/C24H38N4O2/c1-2-25-24(27-22-17-21-9-10-23(22)30-21)26-13-6-16-29-20-11-14-28(15-12-20)18-19-7-4-3-5-8-19/h3-5,7-8,20-23H,2,6,9-18H2,1H3,(H2,25,26,27). The number of ether oxygens (including phenoxy) is 2. The van der Waals surface area contributed by atoms with E-state index in [2.05, 4.69) is 52.8 Å². The van der Waals surface area contributed by atoms with Crippen LogP contribution in [0.15, 0.2) is 35.3 Å². The number of hydrogen-bond donors (Lipinski definition) is 2. The third-order valence-corrected chi connectivity index (χ3v) is 6.48. The molecule has 3 atom stereocenters. The molecule has 0 radical (unpaired) electrons. The van der Waals surface area contributed by atoms with Crippen molar-refractivity contribution in [2.24, 2.45) is 4.99 Å². The molecule has 4 rings (SSSR count). The summed E-state index contributed by atoms with van der Waals surface area (Å²) in [6, 6.07) is 11.2. The molecule has 3 unspecified atom stereocenters. The zero-order valence-electron chi connectivity index (χ0n) is 18.4. The van der Waals surface area contributed by atoms with Crippen LogP contribution in [-0.2, 0) is 16.0 Å². The average molecular weight is 415 g/mol. The third kappa shape index (κ3) is 6.19. The zero-order valence-corrected chi connectivity index (χ0v) is 18.4. The quantitative estimate of drug-likeness (QED) is 0.370. The lowest BCUT2D eigenvalue weighted by molar-refractivity contribution is 0.00565. The van der Waals surface area contributed by atoms with E-state index in [1.165, 1.54) is 18.4 Å². The summed E-state index contributed by atoms with van der Waals surface area (Å²) in [6.07, 6.45) is 7.97. The molecule has 1 aromatic rings. The molecule has 3 aliphatic heterocycles. The maximum atomic E-state index is 6.14. The van der Waals surface area contributed by atoms with E-state index >= 15 is 0 Å². The number of fused-ring (bicyclic) bond motifs is 2. The molecule has 30 heavy (non-hydrogen) atoms. The van der Waals surface area contributed by atoms with Gasteiger partial charge in [-0.1, -0.05) is 30.3 Å². The molecule has 0 amide bonds. The molecule has 3 fully saturated rings. The molecule has 6 heteroatoms. The van der Waals surface area contributed by atoms with Crippen LogP contribution in [0.2, 0.25) is 0 Å². The van der Waals surface area contributed by atoms with Gasteiger partial charge in [0.15, 0.2) is 5.96 Å². The van der Waals surface area contributed by atoms with Crippen molar-refractivity contribution < 1.29 is 9.47 Å². The SMILES string of the molecule is CCNC(=NCCCOC1CCN(Cc2ccccc2)CC1)NC1CC2CCC1O2. The number of hydrogen-bond acceptors (Lipinski definition) is 4. The van der Waals surface area contributed by atoms with Crippen LogP contribution in [0.5, 0.6) is 0 Å². The first-order valence-electron chi connectivity index (χ1n) is 11.9. The highest BCUT2D eigenvalue weighted by molar-refractivity contribution is 5.80. The van der Waals surface area contributed by atoms with E-state index in [0.29, 0.717) is 24.4 Å². The molecule has 0 aromatic heterocycles. The minimum atomic E-state index is 0.370. The number of nitrogens with one attached hydrogen (secondary N) is 2. The van der Waals surface area contributed by atoms with Gasteiger partial charge in [0.25, 0.3) is 0 Å². The van der Waals surface area contributed by atoms with E-state index in [-0.39, 0.29) is 0 Å². The van der Waals surface area contributed by atoms with E-state index < -0.39 is 0 Å². The molecule has 3 heterocycles. The van der Waals surface area contributed by atoms with E-state index in [9.17, 15) is 0 Å². The van der Waals surface area contributed by atoms with Crippen molar-refractivity contribution in [1.29, 1.82) is 0 Å². The van der Waals surface area contributed by atoms with Crippen molar-refractivity contribution in [3.63, 3.8) is 0 Å². The minimum absolute atomic E-state index is 0.370. The average Bonchev–Trinajstić information content (AvgIpc) is 3.39. The number of nitrogens with zero attached hydrogens (tertiary/aromatic N) is 2. The fourth-order valence-electron chi connectivity index (χ4n) is 4.87. The van der Waals surface area contributed by atoms with Crippen LogP contribution in [0.25, 0.3) is 0 Å². The normalized spacial score (nSPS) is 27.5. The Hall–Kier alpha value is -1.63. The van der Waals surface area contributed by atoms with Crippen molar-refractivity contribution in [1.82, 2.24) is 15.5 Å². The first-order valence-corrected chi connectivity index (χ1v) is 11.9. The molecule has 3 aliphatic rings.